The number of aryl methyl sites for hydroxylation is 1. The van der Waals surface area contributed by atoms with Gasteiger partial charge in [-0.3, -0.25) is 14.2 Å². The van der Waals surface area contributed by atoms with Crippen molar-refractivity contribution in [1.29, 1.82) is 0 Å². The van der Waals surface area contributed by atoms with Crippen LogP contribution in [0.5, 0.6) is 17.2 Å². The van der Waals surface area contributed by atoms with E-state index in [-0.39, 0.29) is 31.6 Å². The Morgan fingerprint density at radius 1 is 1.10 bits per heavy atom. The van der Waals surface area contributed by atoms with Gasteiger partial charge in [-0.1, -0.05) is 18.2 Å². The van der Waals surface area contributed by atoms with Gasteiger partial charge in [0.2, 0.25) is 0 Å². The van der Waals surface area contributed by atoms with E-state index in [0.29, 0.717) is 35.2 Å². The molecule has 0 radical (unpaired) electrons. The van der Waals surface area contributed by atoms with Gasteiger partial charge in [0.15, 0.2) is 18.1 Å². The molecule has 3 aromatic carbocycles. The highest BCUT2D eigenvalue weighted by molar-refractivity contribution is 5.95. The number of methoxy groups -OCH3 is 1. The number of nitrogens with zero attached hydrogens (tertiary/aromatic N) is 3. The topological polar surface area (TPSA) is 117 Å². The highest BCUT2D eigenvalue weighted by atomic mass is 16.5. The number of imidazole rings is 1. The Kier molecular flexibility index (Phi) is 7.42. The van der Waals surface area contributed by atoms with Crippen molar-refractivity contribution < 1.29 is 23.8 Å². The molecule has 2 amide bonds. The number of fused-ring (bicyclic) bond motifs is 8. The Balaban J connectivity index is 1.24. The molecule has 0 unspecified atom stereocenters. The second-order valence-corrected chi connectivity index (χ2v) is 9.82. The minimum Gasteiger partial charge on any atom is -0.493 e. The van der Waals surface area contributed by atoms with Crippen molar-refractivity contribution in [2.45, 2.75) is 13.5 Å². The SMILES string of the molecule is COc1ccc2cc1OCC(=O)NCc1cc(C(=O)NCCOc3cccc4ccc(C)nc34)cc(c1)-n1ccnc1-2. The third kappa shape index (κ3) is 5.60. The molecule has 42 heavy (non-hydrogen) atoms. The first kappa shape index (κ1) is 26.8. The predicted molar refractivity (Wildman–Crippen MR) is 157 cm³/mol. The van der Waals surface area contributed by atoms with Gasteiger partial charge in [-0.05, 0) is 61.0 Å². The number of carbonyl (C=O) groups is 2. The lowest BCUT2D eigenvalue weighted by molar-refractivity contribution is -0.123. The second-order valence-electron chi connectivity index (χ2n) is 9.82. The monoisotopic (exact) mass is 563 g/mol. The van der Waals surface area contributed by atoms with Crippen LogP contribution in [-0.2, 0) is 11.3 Å². The maximum absolute atomic E-state index is 13.3. The molecule has 0 fully saturated rings. The second kappa shape index (κ2) is 11.6. The van der Waals surface area contributed by atoms with Gasteiger partial charge < -0.3 is 24.8 Å². The fourth-order valence-electron chi connectivity index (χ4n) is 4.86. The van der Waals surface area contributed by atoms with Gasteiger partial charge in [0.25, 0.3) is 11.8 Å². The first-order chi connectivity index (χ1) is 20.5. The molecular formula is C32H29N5O5. The van der Waals surface area contributed by atoms with Crippen LogP contribution < -0.4 is 24.8 Å². The number of nitrogens with one attached hydrogen (secondary N) is 2. The van der Waals surface area contributed by atoms with Crippen molar-refractivity contribution >= 4 is 22.7 Å². The van der Waals surface area contributed by atoms with E-state index in [2.05, 4.69) is 20.6 Å². The number of hydrogen-bond acceptors (Lipinski definition) is 7. The minimum absolute atomic E-state index is 0.187. The van der Waals surface area contributed by atoms with Crippen LogP contribution in [0.25, 0.3) is 28.0 Å². The smallest absolute Gasteiger partial charge is 0.258 e. The van der Waals surface area contributed by atoms with Crippen molar-refractivity contribution in [3.8, 4) is 34.3 Å². The maximum atomic E-state index is 13.3. The first-order valence-electron chi connectivity index (χ1n) is 13.5. The van der Waals surface area contributed by atoms with E-state index < -0.39 is 0 Å². The Morgan fingerprint density at radius 3 is 2.88 bits per heavy atom. The molecule has 2 N–H and O–H groups in total. The average Bonchev–Trinajstić information content (AvgIpc) is 3.50. The van der Waals surface area contributed by atoms with Gasteiger partial charge in [0, 0.05) is 46.8 Å². The highest BCUT2D eigenvalue weighted by Gasteiger charge is 2.17. The molecule has 0 spiro atoms. The molecule has 0 saturated carbocycles. The summed E-state index contributed by atoms with van der Waals surface area (Å²) in [5, 5.41) is 6.79. The van der Waals surface area contributed by atoms with Gasteiger partial charge in [0.1, 0.15) is 23.7 Å². The molecule has 0 saturated heterocycles. The lowest BCUT2D eigenvalue weighted by Crippen LogP contribution is -2.29. The summed E-state index contributed by atoms with van der Waals surface area (Å²) in [5.41, 5.74) is 4.38. The minimum atomic E-state index is -0.300. The molecule has 10 nitrogen and oxygen atoms in total. The largest absolute Gasteiger partial charge is 0.493 e. The molecule has 3 heterocycles. The van der Waals surface area contributed by atoms with Crippen LogP contribution in [0.4, 0.5) is 0 Å². The van der Waals surface area contributed by atoms with E-state index in [0.717, 1.165) is 33.4 Å². The third-order valence-corrected chi connectivity index (χ3v) is 6.90. The van der Waals surface area contributed by atoms with Crippen LogP contribution in [0, 0.1) is 6.92 Å². The van der Waals surface area contributed by atoms with Gasteiger partial charge >= 0.3 is 0 Å². The Bertz CT molecular complexity index is 1800. The summed E-state index contributed by atoms with van der Waals surface area (Å²) in [6.45, 7) is 2.53. The molecule has 1 aliphatic heterocycles. The van der Waals surface area contributed by atoms with Crippen LogP contribution in [0.2, 0.25) is 0 Å². The number of hydrogen-bond donors (Lipinski definition) is 2. The van der Waals surface area contributed by atoms with Crippen molar-refractivity contribution in [2.24, 2.45) is 0 Å². The quantitative estimate of drug-likeness (QED) is 0.297. The summed E-state index contributed by atoms with van der Waals surface area (Å²) in [6, 6.07) is 20.7. The average molecular weight is 564 g/mol. The third-order valence-electron chi connectivity index (χ3n) is 6.90. The number of aromatic nitrogens is 3. The molecule has 6 rings (SSSR count). The molecular weight excluding hydrogens is 534 g/mol. The predicted octanol–water partition coefficient (Wildman–Crippen LogP) is 4.22. The fraction of sp³-hybridized carbons (Fsp3) is 0.188. The number of ether oxygens (including phenoxy) is 3. The zero-order chi connectivity index (χ0) is 29.1. The zero-order valence-electron chi connectivity index (χ0n) is 23.2. The lowest BCUT2D eigenvalue weighted by Gasteiger charge is -2.14. The molecule has 2 aromatic heterocycles. The summed E-state index contributed by atoms with van der Waals surface area (Å²) < 4.78 is 19.0. The number of benzene rings is 3. The molecule has 5 aromatic rings. The van der Waals surface area contributed by atoms with Crippen LogP contribution in [0.15, 0.2) is 79.1 Å². The van der Waals surface area contributed by atoms with Crippen molar-refractivity contribution in [2.75, 3.05) is 26.9 Å². The normalized spacial score (nSPS) is 12.6. The molecule has 4 bridgehead atoms. The number of para-hydroxylation sites is 1. The summed E-state index contributed by atoms with van der Waals surface area (Å²) in [5.74, 6) is 1.70. The first-order valence-corrected chi connectivity index (χ1v) is 13.5. The van der Waals surface area contributed by atoms with E-state index in [1.807, 2.05) is 60.2 Å². The van der Waals surface area contributed by atoms with Gasteiger partial charge in [-0.25, -0.2) is 9.97 Å². The van der Waals surface area contributed by atoms with E-state index in [1.165, 1.54) is 0 Å². The summed E-state index contributed by atoms with van der Waals surface area (Å²) in [4.78, 5) is 35.0. The van der Waals surface area contributed by atoms with E-state index >= 15 is 0 Å². The highest BCUT2D eigenvalue weighted by Crippen LogP contribution is 2.33. The van der Waals surface area contributed by atoms with Gasteiger partial charge in [0.05, 0.1) is 13.7 Å². The summed E-state index contributed by atoms with van der Waals surface area (Å²) >= 11 is 0. The maximum Gasteiger partial charge on any atom is 0.258 e. The van der Waals surface area contributed by atoms with Gasteiger partial charge in [-0.15, -0.1) is 0 Å². The van der Waals surface area contributed by atoms with E-state index in [4.69, 9.17) is 14.2 Å². The number of pyridine rings is 1. The lowest BCUT2D eigenvalue weighted by atomic mass is 10.1. The Morgan fingerprint density at radius 2 is 2.00 bits per heavy atom. The molecule has 1 aliphatic rings. The molecule has 0 aliphatic carbocycles. The summed E-state index contributed by atoms with van der Waals surface area (Å²) in [7, 11) is 1.54. The van der Waals surface area contributed by atoms with Crippen molar-refractivity contribution in [3.63, 3.8) is 0 Å². The van der Waals surface area contributed by atoms with Gasteiger partial charge in [-0.2, -0.15) is 0 Å². The van der Waals surface area contributed by atoms with Crippen molar-refractivity contribution in [3.05, 3.63) is 95.9 Å². The van der Waals surface area contributed by atoms with Crippen LogP contribution >= 0.6 is 0 Å². The van der Waals surface area contributed by atoms with Crippen LogP contribution in [0.3, 0.4) is 0 Å². The van der Waals surface area contributed by atoms with E-state index in [1.54, 1.807) is 37.6 Å². The molecule has 0 atom stereocenters. The molecule has 10 heteroatoms. The number of carbonyl (C=O) groups excluding carboxylic acids is 2. The summed E-state index contributed by atoms with van der Waals surface area (Å²) in [6.07, 6.45) is 3.52. The Labute approximate surface area is 242 Å². The zero-order valence-corrected chi connectivity index (χ0v) is 23.2. The molecule has 212 valence electrons. The standard InChI is InChI=1S/C32H29N5O5/c1-20-6-7-22-4-3-5-27(30(22)36-20)41-13-11-34-32(39)24-14-21-15-25(16-24)37-12-10-33-31(37)23-8-9-26(40-2)28(17-23)42-19-29(38)35-18-21/h3-10,12,14-17H,11,13,18-19H2,1-2H3,(H,34,39)(H,35,38). The fourth-order valence-corrected chi connectivity index (χ4v) is 4.86. The van der Waals surface area contributed by atoms with Crippen molar-refractivity contribution in [1.82, 2.24) is 25.2 Å². The number of rotatable bonds is 6. The van der Waals surface area contributed by atoms with Crippen LogP contribution in [0.1, 0.15) is 21.6 Å². The Hall–Kier alpha value is -5.38. The van der Waals surface area contributed by atoms with E-state index in [9.17, 15) is 9.59 Å². The number of amides is 2. The van der Waals surface area contributed by atoms with Crippen LogP contribution in [-0.4, -0.2) is 53.2 Å².